The second-order valence-electron chi connectivity index (χ2n) is 4.54. The van der Waals surface area contributed by atoms with E-state index in [2.05, 4.69) is 13.8 Å². The van der Waals surface area contributed by atoms with E-state index in [0.717, 1.165) is 0 Å². The number of rotatable bonds is 2. The summed E-state index contributed by atoms with van der Waals surface area (Å²) >= 11 is 0. The van der Waals surface area contributed by atoms with Crippen molar-refractivity contribution in [3.8, 4) is 0 Å². The Balaban J connectivity index is 2.74. The first-order valence-corrected chi connectivity index (χ1v) is 4.47. The maximum Gasteiger partial charge on any atom is 0.354 e. The Kier molecular flexibility index (Phi) is 2.28. The van der Waals surface area contributed by atoms with Crippen molar-refractivity contribution in [2.45, 2.75) is 38.6 Å². The summed E-state index contributed by atoms with van der Waals surface area (Å²) in [5, 5.41) is 7.69. The fourth-order valence-electron chi connectivity index (χ4n) is 1.49. The molecule has 0 saturated carbocycles. The van der Waals surface area contributed by atoms with Gasteiger partial charge in [-0.05, 0) is 26.1 Å². The molecular formula is C9H17BN2O. The van der Waals surface area contributed by atoms with E-state index in [0.29, 0.717) is 5.61 Å². The highest BCUT2D eigenvalue weighted by Gasteiger charge is 2.60. The van der Waals surface area contributed by atoms with Crippen LogP contribution in [0.1, 0.15) is 27.7 Å². The number of hydrogen-bond acceptors (Lipinski definition) is 3. The summed E-state index contributed by atoms with van der Waals surface area (Å²) in [5.74, 6) is 0. The monoisotopic (exact) mass is 180 g/mol. The predicted molar refractivity (Wildman–Crippen MR) is 56.0 cm³/mol. The third kappa shape index (κ3) is 1.39. The summed E-state index contributed by atoms with van der Waals surface area (Å²) in [6.45, 7) is 8.19. The van der Waals surface area contributed by atoms with Crippen molar-refractivity contribution >= 4 is 12.5 Å². The Morgan fingerprint density at radius 3 is 2.23 bits per heavy atom. The highest BCUT2D eigenvalue weighted by molar-refractivity contribution is 6.92. The molecule has 0 aromatic heterocycles. The molecular weight excluding hydrogens is 163 g/mol. The van der Waals surface area contributed by atoms with Crippen LogP contribution in [-0.4, -0.2) is 18.1 Å². The van der Waals surface area contributed by atoms with Crippen LogP contribution in [0.4, 0.5) is 0 Å². The average molecular weight is 180 g/mol. The summed E-state index contributed by atoms with van der Waals surface area (Å²) in [6.07, 6.45) is 2.97. The highest BCUT2D eigenvalue weighted by atomic mass is 16.5. The van der Waals surface area contributed by atoms with E-state index in [4.69, 9.17) is 15.8 Å². The van der Waals surface area contributed by atoms with Gasteiger partial charge in [0.25, 0.3) is 0 Å². The molecule has 0 aliphatic carbocycles. The van der Waals surface area contributed by atoms with Gasteiger partial charge < -0.3 is 15.8 Å². The summed E-state index contributed by atoms with van der Waals surface area (Å²) in [4.78, 5) is 0. The average Bonchev–Trinajstić information content (AvgIpc) is 2.00. The van der Waals surface area contributed by atoms with Crippen LogP contribution in [0.5, 0.6) is 0 Å². The fourth-order valence-corrected chi connectivity index (χ4v) is 1.49. The Morgan fingerprint density at radius 1 is 1.38 bits per heavy atom. The number of nitrogens with two attached hydrogens (primary N) is 1. The first-order valence-electron chi connectivity index (χ1n) is 4.47. The van der Waals surface area contributed by atoms with Gasteiger partial charge in [0.2, 0.25) is 0 Å². The zero-order chi connectivity index (χ0) is 10.3. The van der Waals surface area contributed by atoms with Crippen molar-refractivity contribution < 1.29 is 4.65 Å². The zero-order valence-electron chi connectivity index (χ0n) is 8.72. The van der Waals surface area contributed by atoms with Crippen LogP contribution in [-0.2, 0) is 4.65 Å². The van der Waals surface area contributed by atoms with Crippen molar-refractivity contribution in [2.75, 3.05) is 0 Å². The standard InChI is InChI=1S/C9H17BN2O/c1-8(2)9(3,4)13-10(8)7(12)5-6-11/h5-6,12H,11H2,1-4H3/b6-5-,12-7?. The molecule has 0 aromatic carbocycles. The van der Waals surface area contributed by atoms with Crippen LogP contribution in [0.25, 0.3) is 0 Å². The zero-order valence-corrected chi connectivity index (χ0v) is 8.72. The minimum atomic E-state index is -0.146. The normalized spacial score (nSPS) is 24.5. The van der Waals surface area contributed by atoms with Crippen molar-refractivity contribution in [2.24, 2.45) is 5.73 Å². The third-order valence-electron chi connectivity index (χ3n) is 3.18. The van der Waals surface area contributed by atoms with Gasteiger partial charge in [-0.2, -0.15) is 0 Å². The Bertz CT molecular complexity index is 258. The summed E-state index contributed by atoms with van der Waals surface area (Å²) < 4.78 is 5.62. The molecule has 0 amide bonds. The molecule has 0 atom stereocenters. The SMILES string of the molecule is CC1(C)OB(C(=N)/C=C\N)C1(C)C. The van der Waals surface area contributed by atoms with Crippen LogP contribution in [0.15, 0.2) is 12.3 Å². The van der Waals surface area contributed by atoms with E-state index in [1.54, 1.807) is 6.08 Å². The lowest BCUT2D eigenvalue weighted by Gasteiger charge is -2.56. The van der Waals surface area contributed by atoms with Gasteiger partial charge in [-0.3, -0.25) is 0 Å². The molecule has 72 valence electrons. The smallest absolute Gasteiger partial charge is 0.354 e. The van der Waals surface area contributed by atoms with E-state index in [9.17, 15) is 0 Å². The van der Waals surface area contributed by atoms with Gasteiger partial charge in [0.1, 0.15) is 0 Å². The molecule has 0 aromatic rings. The molecule has 1 fully saturated rings. The van der Waals surface area contributed by atoms with E-state index < -0.39 is 0 Å². The van der Waals surface area contributed by atoms with Crippen molar-refractivity contribution in [1.82, 2.24) is 0 Å². The number of nitrogens with one attached hydrogen (secondary N) is 1. The highest BCUT2D eigenvalue weighted by Crippen LogP contribution is 2.53. The number of allylic oxidation sites excluding steroid dienone is 1. The summed E-state index contributed by atoms with van der Waals surface area (Å²) in [6, 6.07) is 0. The van der Waals surface area contributed by atoms with Crippen molar-refractivity contribution in [3.63, 3.8) is 0 Å². The Morgan fingerprint density at radius 2 is 1.92 bits per heavy atom. The molecule has 3 nitrogen and oxygen atoms in total. The molecule has 0 bridgehead atoms. The first kappa shape index (κ1) is 10.3. The minimum Gasteiger partial charge on any atom is -0.424 e. The molecule has 0 radical (unpaired) electrons. The molecule has 0 spiro atoms. The second-order valence-corrected chi connectivity index (χ2v) is 4.54. The molecule has 1 saturated heterocycles. The maximum absolute atomic E-state index is 7.69. The van der Waals surface area contributed by atoms with Crippen molar-refractivity contribution in [1.29, 1.82) is 5.41 Å². The molecule has 3 N–H and O–H groups in total. The minimum absolute atomic E-state index is 0.00356. The van der Waals surface area contributed by atoms with Crippen LogP contribution in [0.3, 0.4) is 0 Å². The van der Waals surface area contributed by atoms with Crippen LogP contribution >= 0.6 is 0 Å². The van der Waals surface area contributed by atoms with Gasteiger partial charge in [0, 0.05) is 16.5 Å². The van der Waals surface area contributed by atoms with Crippen LogP contribution < -0.4 is 5.73 Å². The maximum atomic E-state index is 7.69. The topological polar surface area (TPSA) is 59.1 Å². The lowest BCUT2D eigenvalue weighted by molar-refractivity contribution is -0.00769. The molecule has 4 heteroatoms. The van der Waals surface area contributed by atoms with Gasteiger partial charge in [0.15, 0.2) is 0 Å². The van der Waals surface area contributed by atoms with Gasteiger partial charge in [-0.1, -0.05) is 13.8 Å². The lowest BCUT2D eigenvalue weighted by Crippen LogP contribution is -2.64. The van der Waals surface area contributed by atoms with Crippen LogP contribution in [0.2, 0.25) is 5.31 Å². The predicted octanol–water partition coefficient (Wildman–Crippen LogP) is 1.60. The largest absolute Gasteiger partial charge is 0.424 e. The molecule has 13 heavy (non-hydrogen) atoms. The molecule has 1 aliphatic heterocycles. The van der Waals surface area contributed by atoms with Crippen molar-refractivity contribution in [3.05, 3.63) is 12.3 Å². The van der Waals surface area contributed by atoms with E-state index in [1.807, 2.05) is 13.8 Å². The fraction of sp³-hybridized carbons (Fsp3) is 0.667. The van der Waals surface area contributed by atoms with E-state index in [1.165, 1.54) is 6.20 Å². The lowest BCUT2D eigenvalue weighted by atomic mass is 9.33. The Hall–Kier alpha value is -0.765. The third-order valence-corrected chi connectivity index (χ3v) is 3.18. The molecule has 1 rings (SSSR count). The van der Waals surface area contributed by atoms with Crippen LogP contribution in [0, 0.1) is 5.41 Å². The number of hydrogen-bond donors (Lipinski definition) is 2. The van der Waals surface area contributed by atoms with Gasteiger partial charge in [-0.15, -0.1) is 0 Å². The first-order chi connectivity index (χ1) is 5.83. The summed E-state index contributed by atoms with van der Waals surface area (Å²) in [5.41, 5.74) is 5.53. The second kappa shape index (κ2) is 2.87. The van der Waals surface area contributed by atoms with Gasteiger partial charge >= 0.3 is 6.92 Å². The van der Waals surface area contributed by atoms with E-state index in [-0.39, 0.29) is 17.8 Å². The molecule has 0 unspecified atom stereocenters. The Labute approximate surface area is 80.0 Å². The summed E-state index contributed by atoms with van der Waals surface area (Å²) in [7, 11) is 0. The molecule has 1 heterocycles. The van der Waals surface area contributed by atoms with Gasteiger partial charge in [-0.25, -0.2) is 0 Å². The van der Waals surface area contributed by atoms with E-state index >= 15 is 0 Å². The quantitative estimate of drug-likeness (QED) is 0.500. The molecule has 1 aliphatic rings. The van der Waals surface area contributed by atoms with Gasteiger partial charge in [0.05, 0.1) is 0 Å².